The van der Waals surface area contributed by atoms with Crippen LogP contribution in [-0.2, 0) is 4.79 Å². The number of likely N-dealkylation sites (N-methyl/N-ethyl adjacent to an activating group) is 1. The van der Waals surface area contributed by atoms with Crippen molar-refractivity contribution in [3.8, 4) is 0 Å². The molecule has 1 saturated heterocycles. The lowest BCUT2D eigenvalue weighted by Crippen LogP contribution is -2.45. The zero-order valence-corrected chi connectivity index (χ0v) is 13.1. The lowest BCUT2D eigenvalue weighted by Gasteiger charge is -2.26. The molecule has 0 radical (unpaired) electrons. The Morgan fingerprint density at radius 3 is 2.90 bits per heavy atom. The molecule has 2 atom stereocenters. The first-order chi connectivity index (χ1) is 9.97. The first-order valence-electron chi connectivity index (χ1n) is 6.91. The number of nitrogens with one attached hydrogen (secondary N) is 1. The van der Waals surface area contributed by atoms with Crippen molar-refractivity contribution in [2.24, 2.45) is 0 Å². The van der Waals surface area contributed by atoms with Crippen LogP contribution in [0.1, 0.15) is 16.1 Å². The summed E-state index contributed by atoms with van der Waals surface area (Å²) < 4.78 is 0. The van der Waals surface area contributed by atoms with Crippen LogP contribution in [0.25, 0.3) is 0 Å². The van der Waals surface area contributed by atoms with E-state index in [0.717, 1.165) is 0 Å². The largest absolute Gasteiger partial charge is 0.391 e. The quantitative estimate of drug-likeness (QED) is 0.803. The van der Waals surface area contributed by atoms with Crippen molar-refractivity contribution in [2.45, 2.75) is 18.6 Å². The average Bonchev–Trinajstić information content (AvgIpc) is 3.04. The van der Waals surface area contributed by atoms with Crippen molar-refractivity contribution in [3.63, 3.8) is 0 Å². The van der Waals surface area contributed by atoms with Crippen molar-refractivity contribution in [1.29, 1.82) is 0 Å². The lowest BCUT2D eigenvalue weighted by atomic mass is 10.2. The van der Waals surface area contributed by atoms with Gasteiger partial charge in [0.2, 0.25) is 5.91 Å². The molecule has 2 rings (SSSR count). The van der Waals surface area contributed by atoms with Gasteiger partial charge in [0.1, 0.15) is 0 Å². The molecular formula is C14H21N3O3S. The number of likely N-dealkylation sites (tertiary alicyclic amines) is 1. The summed E-state index contributed by atoms with van der Waals surface area (Å²) in [4.78, 5) is 28.3. The number of hydrogen-bond acceptors (Lipinski definition) is 5. The number of amides is 2. The van der Waals surface area contributed by atoms with Crippen molar-refractivity contribution < 1.29 is 14.7 Å². The highest BCUT2D eigenvalue weighted by atomic mass is 32.1. The third-order valence-electron chi connectivity index (χ3n) is 3.43. The summed E-state index contributed by atoms with van der Waals surface area (Å²) in [5.41, 5.74) is 0. The van der Waals surface area contributed by atoms with Gasteiger partial charge < -0.3 is 20.2 Å². The molecule has 1 aliphatic rings. The van der Waals surface area contributed by atoms with Gasteiger partial charge in [0, 0.05) is 19.1 Å². The molecule has 0 aliphatic carbocycles. The highest BCUT2D eigenvalue weighted by Gasteiger charge is 2.34. The summed E-state index contributed by atoms with van der Waals surface area (Å²) in [5, 5.41) is 14.2. The van der Waals surface area contributed by atoms with Crippen LogP contribution >= 0.6 is 11.3 Å². The molecule has 1 aromatic rings. The fourth-order valence-electron chi connectivity index (χ4n) is 2.54. The monoisotopic (exact) mass is 311 g/mol. The van der Waals surface area contributed by atoms with Gasteiger partial charge in [0.05, 0.1) is 17.5 Å². The summed E-state index contributed by atoms with van der Waals surface area (Å²) in [6.07, 6.45) is 0.106. The molecule has 1 aliphatic heterocycles. The zero-order valence-electron chi connectivity index (χ0n) is 12.3. The molecule has 21 heavy (non-hydrogen) atoms. The van der Waals surface area contributed by atoms with Crippen molar-refractivity contribution >= 4 is 23.2 Å². The van der Waals surface area contributed by atoms with E-state index in [2.05, 4.69) is 5.32 Å². The van der Waals surface area contributed by atoms with E-state index in [1.807, 2.05) is 24.4 Å². The van der Waals surface area contributed by atoms with Crippen LogP contribution in [0.3, 0.4) is 0 Å². The molecular weight excluding hydrogens is 290 g/mol. The van der Waals surface area contributed by atoms with Crippen LogP contribution in [-0.4, -0.2) is 72.6 Å². The van der Waals surface area contributed by atoms with Crippen LogP contribution in [0, 0.1) is 0 Å². The molecule has 0 spiro atoms. The van der Waals surface area contributed by atoms with E-state index in [1.165, 1.54) is 11.3 Å². The topological polar surface area (TPSA) is 72.9 Å². The van der Waals surface area contributed by atoms with Crippen LogP contribution in [0.15, 0.2) is 17.5 Å². The maximum Gasteiger partial charge on any atom is 0.261 e. The molecule has 116 valence electrons. The third-order valence-corrected chi connectivity index (χ3v) is 4.30. The molecule has 1 aromatic heterocycles. The predicted octanol–water partition coefficient (Wildman–Crippen LogP) is 0.00130. The van der Waals surface area contributed by atoms with Gasteiger partial charge in [0.25, 0.3) is 5.91 Å². The number of hydrogen-bond donors (Lipinski definition) is 2. The maximum atomic E-state index is 12.2. The van der Waals surface area contributed by atoms with Crippen molar-refractivity contribution in [1.82, 2.24) is 15.1 Å². The number of thiophene rings is 1. The fourth-order valence-corrected chi connectivity index (χ4v) is 3.18. The van der Waals surface area contributed by atoms with E-state index in [4.69, 9.17) is 0 Å². The van der Waals surface area contributed by atoms with Crippen LogP contribution in [0.4, 0.5) is 0 Å². The van der Waals surface area contributed by atoms with E-state index >= 15 is 0 Å². The molecule has 2 heterocycles. The van der Waals surface area contributed by atoms with Crippen LogP contribution in [0.2, 0.25) is 0 Å². The molecule has 2 unspecified atom stereocenters. The second kappa shape index (κ2) is 7.02. The van der Waals surface area contributed by atoms with Gasteiger partial charge in [-0.2, -0.15) is 0 Å². The number of aliphatic hydroxyl groups excluding tert-OH is 1. The Hall–Kier alpha value is -1.44. The van der Waals surface area contributed by atoms with Gasteiger partial charge in [-0.25, -0.2) is 0 Å². The van der Waals surface area contributed by atoms with Gasteiger partial charge in [0.15, 0.2) is 0 Å². The molecule has 6 nitrogen and oxygen atoms in total. The van der Waals surface area contributed by atoms with E-state index in [-0.39, 0.29) is 24.4 Å². The average molecular weight is 311 g/mol. The molecule has 0 aromatic carbocycles. The summed E-state index contributed by atoms with van der Waals surface area (Å²) in [5.74, 6) is -0.384. The fraction of sp³-hybridized carbons (Fsp3) is 0.571. The highest BCUT2D eigenvalue weighted by Crippen LogP contribution is 2.18. The number of rotatable bonds is 5. The minimum Gasteiger partial charge on any atom is -0.391 e. The number of carbonyl (C=O) groups excluding carboxylic acids is 2. The van der Waals surface area contributed by atoms with Gasteiger partial charge in [-0.15, -0.1) is 11.3 Å². The van der Waals surface area contributed by atoms with Gasteiger partial charge >= 0.3 is 0 Å². The Morgan fingerprint density at radius 2 is 2.29 bits per heavy atom. The van der Waals surface area contributed by atoms with E-state index < -0.39 is 6.10 Å². The Balaban J connectivity index is 1.88. The van der Waals surface area contributed by atoms with E-state index in [9.17, 15) is 14.7 Å². The van der Waals surface area contributed by atoms with Gasteiger partial charge in [-0.3, -0.25) is 9.59 Å². The summed E-state index contributed by atoms with van der Waals surface area (Å²) in [6.45, 7) is 1.02. The maximum absolute atomic E-state index is 12.2. The van der Waals surface area contributed by atoms with Crippen LogP contribution < -0.4 is 5.32 Å². The number of aliphatic hydroxyl groups is 1. The second-order valence-electron chi connectivity index (χ2n) is 5.51. The normalized spacial score (nSPS) is 21.8. The minimum atomic E-state index is -0.480. The SMILES string of the molecule is CN(C)CC1CC(O)CN1C(=O)CNC(=O)c1cccs1. The standard InChI is InChI=1S/C14H21N3O3S/c1-16(2)8-10-6-11(18)9-17(10)13(19)7-15-14(20)12-4-3-5-21-12/h3-5,10-11,18H,6-9H2,1-2H3,(H,15,20). The minimum absolute atomic E-state index is 0.00106. The van der Waals surface area contributed by atoms with Gasteiger partial charge in [-0.1, -0.05) is 6.07 Å². The Morgan fingerprint density at radius 1 is 1.52 bits per heavy atom. The number of β-amino-alcohol motifs (C(OH)–C–C–N with tert-alkyl or cyclic N) is 1. The Labute approximate surface area is 128 Å². The number of carbonyl (C=O) groups is 2. The molecule has 0 bridgehead atoms. The molecule has 7 heteroatoms. The predicted molar refractivity (Wildman–Crippen MR) is 81.3 cm³/mol. The summed E-state index contributed by atoms with van der Waals surface area (Å²) >= 11 is 1.34. The van der Waals surface area contributed by atoms with Crippen LogP contribution in [0.5, 0.6) is 0 Å². The molecule has 2 amide bonds. The van der Waals surface area contributed by atoms with E-state index in [0.29, 0.717) is 24.4 Å². The zero-order chi connectivity index (χ0) is 15.4. The molecule has 1 fully saturated rings. The summed E-state index contributed by atoms with van der Waals surface area (Å²) in [6, 6.07) is 3.52. The molecule has 2 N–H and O–H groups in total. The van der Waals surface area contributed by atoms with E-state index in [1.54, 1.807) is 17.0 Å². The van der Waals surface area contributed by atoms with Crippen molar-refractivity contribution in [3.05, 3.63) is 22.4 Å². The molecule has 0 saturated carbocycles. The Kier molecular flexibility index (Phi) is 5.33. The highest BCUT2D eigenvalue weighted by molar-refractivity contribution is 7.12. The summed E-state index contributed by atoms with van der Waals surface area (Å²) in [7, 11) is 3.87. The Bertz CT molecular complexity index is 490. The number of nitrogens with zero attached hydrogens (tertiary/aromatic N) is 2. The first kappa shape index (κ1) is 15.9. The second-order valence-corrected chi connectivity index (χ2v) is 6.46. The van der Waals surface area contributed by atoms with Gasteiger partial charge in [-0.05, 0) is 32.0 Å². The van der Waals surface area contributed by atoms with Crippen molar-refractivity contribution in [2.75, 3.05) is 33.7 Å². The third kappa shape index (κ3) is 4.26. The first-order valence-corrected chi connectivity index (χ1v) is 7.79. The smallest absolute Gasteiger partial charge is 0.261 e. The lowest BCUT2D eigenvalue weighted by molar-refractivity contribution is -0.131.